The van der Waals surface area contributed by atoms with Crippen molar-refractivity contribution in [3.8, 4) is 0 Å². The second-order valence-electron chi connectivity index (χ2n) is 9.05. The van der Waals surface area contributed by atoms with E-state index in [4.69, 9.17) is 0 Å². The molecule has 3 amide bonds. The van der Waals surface area contributed by atoms with Crippen LogP contribution in [0.2, 0.25) is 0 Å². The molecule has 1 unspecified atom stereocenters. The number of benzene rings is 3. The Balaban J connectivity index is 1.46. The second kappa shape index (κ2) is 9.19. The molecule has 0 aliphatic carbocycles. The first-order valence-corrected chi connectivity index (χ1v) is 13.5. The summed E-state index contributed by atoms with van der Waals surface area (Å²) in [6.45, 7) is 1.13. The van der Waals surface area contributed by atoms with Crippen LogP contribution in [0, 0.1) is 0 Å². The Kier molecular flexibility index (Phi) is 6.06. The van der Waals surface area contributed by atoms with E-state index in [9.17, 15) is 18.0 Å². The topological polar surface area (TPSA) is 78.0 Å². The SMILES string of the molecule is CS(=O)(=O)c1ccc2c(c1)CCCN2CN1C(=O)C(c2ccccc2)N(Cc2ccccc2)C1=O. The van der Waals surface area contributed by atoms with Crippen LogP contribution in [0.1, 0.15) is 29.2 Å². The lowest BCUT2D eigenvalue weighted by Gasteiger charge is -2.33. The van der Waals surface area contributed by atoms with Crippen molar-refractivity contribution in [2.45, 2.75) is 30.3 Å². The van der Waals surface area contributed by atoms with Gasteiger partial charge in [0.1, 0.15) is 12.7 Å². The fourth-order valence-electron chi connectivity index (χ4n) is 4.87. The smallest absolute Gasteiger partial charge is 0.329 e. The molecule has 0 saturated carbocycles. The predicted octanol–water partition coefficient (Wildman–Crippen LogP) is 4.01. The Bertz CT molecular complexity index is 1360. The van der Waals surface area contributed by atoms with Gasteiger partial charge in [-0.3, -0.25) is 4.79 Å². The van der Waals surface area contributed by atoms with Crippen molar-refractivity contribution in [1.82, 2.24) is 9.80 Å². The van der Waals surface area contributed by atoms with Gasteiger partial charge in [0.2, 0.25) is 0 Å². The molecule has 0 N–H and O–H groups in total. The zero-order valence-electron chi connectivity index (χ0n) is 19.5. The van der Waals surface area contributed by atoms with Crippen molar-refractivity contribution in [1.29, 1.82) is 0 Å². The van der Waals surface area contributed by atoms with E-state index < -0.39 is 15.9 Å². The maximum atomic E-state index is 13.6. The second-order valence-corrected chi connectivity index (χ2v) is 11.1. The van der Waals surface area contributed by atoms with Gasteiger partial charge >= 0.3 is 6.03 Å². The minimum absolute atomic E-state index is 0.123. The highest BCUT2D eigenvalue weighted by Gasteiger charge is 2.46. The van der Waals surface area contributed by atoms with Crippen molar-refractivity contribution in [2.75, 3.05) is 24.4 Å². The van der Waals surface area contributed by atoms with E-state index in [1.54, 1.807) is 23.1 Å². The summed E-state index contributed by atoms with van der Waals surface area (Å²) in [4.78, 5) is 32.5. The molecule has 0 spiro atoms. The van der Waals surface area contributed by atoms with E-state index in [2.05, 4.69) is 0 Å². The van der Waals surface area contributed by atoms with Crippen molar-refractivity contribution in [2.24, 2.45) is 0 Å². The van der Waals surface area contributed by atoms with Crippen LogP contribution in [0.15, 0.2) is 83.8 Å². The van der Waals surface area contributed by atoms with Crippen LogP contribution in [0.3, 0.4) is 0 Å². The number of hydrogen-bond acceptors (Lipinski definition) is 5. The summed E-state index contributed by atoms with van der Waals surface area (Å²) in [6.07, 6.45) is 2.76. The van der Waals surface area contributed by atoms with Crippen LogP contribution in [-0.2, 0) is 27.6 Å². The van der Waals surface area contributed by atoms with Gasteiger partial charge in [-0.1, -0.05) is 60.7 Å². The van der Waals surface area contributed by atoms with Crippen molar-refractivity contribution in [3.63, 3.8) is 0 Å². The molecule has 1 atom stereocenters. The third kappa shape index (κ3) is 4.53. The van der Waals surface area contributed by atoms with Gasteiger partial charge in [-0.2, -0.15) is 0 Å². The number of carbonyl (C=O) groups is 2. The molecule has 8 heteroatoms. The number of amides is 3. The Morgan fingerprint density at radius 1 is 0.914 bits per heavy atom. The first-order valence-electron chi connectivity index (χ1n) is 11.6. The Morgan fingerprint density at radius 3 is 2.29 bits per heavy atom. The Morgan fingerprint density at radius 2 is 1.60 bits per heavy atom. The fourth-order valence-corrected chi connectivity index (χ4v) is 5.54. The molecule has 3 aromatic carbocycles. The van der Waals surface area contributed by atoms with Crippen molar-refractivity contribution < 1.29 is 18.0 Å². The van der Waals surface area contributed by atoms with Gasteiger partial charge in [-0.05, 0) is 47.7 Å². The zero-order valence-corrected chi connectivity index (χ0v) is 20.3. The zero-order chi connectivity index (χ0) is 24.6. The molecule has 180 valence electrons. The molecule has 7 nitrogen and oxygen atoms in total. The summed E-state index contributed by atoms with van der Waals surface area (Å²) < 4.78 is 24.0. The largest absolute Gasteiger partial charge is 0.353 e. The van der Waals surface area contributed by atoms with Gasteiger partial charge in [-0.25, -0.2) is 18.1 Å². The standard InChI is InChI=1S/C27H27N3O4S/c1-35(33,34)23-14-15-24-22(17-23)13-8-16-28(24)19-30-26(31)25(21-11-6-3-7-12-21)29(27(30)32)18-20-9-4-2-5-10-20/h2-7,9-12,14-15,17,25H,8,13,16,18-19H2,1H3. The van der Waals surface area contributed by atoms with E-state index in [1.165, 1.54) is 11.2 Å². The molecule has 2 aliphatic heterocycles. The number of rotatable bonds is 6. The molecular weight excluding hydrogens is 462 g/mol. The highest BCUT2D eigenvalue weighted by Crippen LogP contribution is 2.35. The molecule has 0 radical (unpaired) electrons. The van der Waals surface area contributed by atoms with E-state index in [0.29, 0.717) is 13.1 Å². The molecule has 1 fully saturated rings. The van der Waals surface area contributed by atoms with Crippen LogP contribution < -0.4 is 4.90 Å². The monoisotopic (exact) mass is 489 g/mol. The highest BCUT2D eigenvalue weighted by molar-refractivity contribution is 7.90. The molecule has 2 heterocycles. The van der Waals surface area contributed by atoms with Crippen LogP contribution >= 0.6 is 0 Å². The Labute approximate surface area is 205 Å². The number of nitrogens with zero attached hydrogens (tertiary/aromatic N) is 3. The first kappa shape index (κ1) is 23.1. The summed E-state index contributed by atoms with van der Waals surface area (Å²) >= 11 is 0. The van der Waals surface area contributed by atoms with Crippen LogP contribution in [0.25, 0.3) is 0 Å². The molecule has 0 aromatic heterocycles. The van der Waals surface area contributed by atoms with E-state index in [-0.39, 0.29) is 23.5 Å². The third-order valence-corrected chi connectivity index (χ3v) is 7.72. The van der Waals surface area contributed by atoms with Crippen LogP contribution in [-0.4, -0.2) is 49.6 Å². The van der Waals surface area contributed by atoms with E-state index >= 15 is 0 Å². The number of imide groups is 1. The number of aryl methyl sites for hydroxylation is 1. The fraction of sp³-hybridized carbons (Fsp3) is 0.259. The van der Waals surface area contributed by atoms with Gasteiger partial charge in [0, 0.05) is 25.0 Å². The third-order valence-electron chi connectivity index (χ3n) is 6.61. The van der Waals surface area contributed by atoms with Gasteiger partial charge in [0.05, 0.1) is 4.90 Å². The van der Waals surface area contributed by atoms with Gasteiger partial charge in [0.15, 0.2) is 9.84 Å². The average Bonchev–Trinajstić information content (AvgIpc) is 3.08. The van der Waals surface area contributed by atoms with E-state index in [1.807, 2.05) is 65.6 Å². The summed E-state index contributed by atoms with van der Waals surface area (Å²) in [5.74, 6) is -0.253. The number of hydrogen-bond donors (Lipinski definition) is 0. The van der Waals surface area contributed by atoms with Gasteiger partial charge < -0.3 is 9.80 Å². The molecular formula is C27H27N3O4S. The Hall–Kier alpha value is -3.65. The highest BCUT2D eigenvalue weighted by atomic mass is 32.2. The average molecular weight is 490 g/mol. The van der Waals surface area contributed by atoms with Crippen LogP contribution in [0.5, 0.6) is 0 Å². The first-order chi connectivity index (χ1) is 16.8. The quantitative estimate of drug-likeness (QED) is 0.489. The lowest BCUT2D eigenvalue weighted by molar-refractivity contribution is -0.128. The maximum Gasteiger partial charge on any atom is 0.329 e. The number of urea groups is 1. The summed E-state index contributed by atoms with van der Waals surface area (Å²) in [6, 6.07) is 23.1. The van der Waals surface area contributed by atoms with Crippen molar-refractivity contribution in [3.05, 3.63) is 95.6 Å². The predicted molar refractivity (Wildman–Crippen MR) is 133 cm³/mol. The lowest BCUT2D eigenvalue weighted by Crippen LogP contribution is -2.44. The van der Waals surface area contributed by atoms with Crippen molar-refractivity contribution >= 4 is 27.5 Å². The normalized spacial score (nSPS) is 18.2. The van der Waals surface area contributed by atoms with E-state index in [0.717, 1.165) is 35.2 Å². The summed E-state index contributed by atoms with van der Waals surface area (Å²) in [5, 5.41) is 0. The molecule has 3 aromatic rings. The molecule has 2 aliphatic rings. The minimum Gasteiger partial charge on any atom is -0.353 e. The lowest BCUT2D eigenvalue weighted by atomic mass is 10.0. The summed E-state index contributed by atoms with van der Waals surface area (Å²) in [7, 11) is -3.31. The molecule has 5 rings (SSSR count). The van der Waals surface area contributed by atoms with Gasteiger partial charge in [-0.15, -0.1) is 0 Å². The number of fused-ring (bicyclic) bond motifs is 1. The molecule has 0 bridgehead atoms. The number of anilines is 1. The number of sulfone groups is 1. The molecule has 1 saturated heterocycles. The number of carbonyl (C=O) groups excluding carboxylic acids is 2. The molecule has 35 heavy (non-hydrogen) atoms. The maximum absolute atomic E-state index is 13.6. The summed E-state index contributed by atoms with van der Waals surface area (Å²) in [5.41, 5.74) is 3.51. The van der Waals surface area contributed by atoms with Gasteiger partial charge in [0.25, 0.3) is 5.91 Å². The van der Waals surface area contributed by atoms with Crippen LogP contribution in [0.4, 0.5) is 10.5 Å². The minimum atomic E-state index is -3.31.